The molecular weight excluding hydrogens is 284 g/mol. The number of carbonyl (C=O) groups excluding carboxylic acids is 2. The van der Waals surface area contributed by atoms with E-state index in [1.807, 2.05) is 0 Å². The van der Waals surface area contributed by atoms with Gasteiger partial charge in [-0.15, -0.1) is 0 Å². The summed E-state index contributed by atoms with van der Waals surface area (Å²) in [6, 6.07) is 3.01. The van der Waals surface area contributed by atoms with Gasteiger partial charge in [-0.25, -0.2) is 0 Å². The summed E-state index contributed by atoms with van der Waals surface area (Å²) in [5.41, 5.74) is 13.1. The maximum Gasteiger partial charge on any atom is 0.226 e. The lowest BCUT2D eigenvalue weighted by Crippen LogP contribution is -2.17. The van der Waals surface area contributed by atoms with Gasteiger partial charge in [-0.05, 0) is 60.9 Å². The number of nitrogens with two attached hydrogens (primary N) is 2. The molecule has 1 aliphatic rings. The number of phenols is 2. The van der Waals surface area contributed by atoms with E-state index in [0.29, 0.717) is 41.7 Å². The standard InChI is InChI=1S/C16H18N2O4/c17-5-3-9-1-2-12(19)16(22)15(9)11-8-14(21)13(20)7-10(11)4-6-18/h1-2,7-8,19,22H,3-6,17-18H2. The van der Waals surface area contributed by atoms with Gasteiger partial charge in [-0.3, -0.25) is 9.59 Å². The Kier molecular flexibility index (Phi) is 4.75. The van der Waals surface area contributed by atoms with E-state index >= 15 is 0 Å². The Bertz CT molecular complexity index is 690. The maximum atomic E-state index is 11.7. The third-order valence-electron chi connectivity index (χ3n) is 3.51. The molecule has 0 aromatic heterocycles. The van der Waals surface area contributed by atoms with Gasteiger partial charge in [-0.1, -0.05) is 6.07 Å². The molecule has 116 valence electrons. The molecule has 1 aromatic carbocycles. The number of benzene rings is 1. The molecule has 6 heteroatoms. The lowest BCUT2D eigenvalue weighted by Gasteiger charge is -2.19. The van der Waals surface area contributed by atoms with Crippen LogP contribution >= 0.6 is 0 Å². The van der Waals surface area contributed by atoms with E-state index in [1.165, 1.54) is 18.2 Å². The molecule has 0 fully saturated rings. The van der Waals surface area contributed by atoms with Crippen LogP contribution in [0.15, 0.2) is 29.9 Å². The minimum atomic E-state index is -0.669. The second-order valence-electron chi connectivity index (χ2n) is 5.00. The number of hydrogen-bond donors (Lipinski definition) is 4. The quantitative estimate of drug-likeness (QED) is 0.354. The van der Waals surface area contributed by atoms with Crippen molar-refractivity contribution in [3.8, 4) is 11.5 Å². The highest BCUT2D eigenvalue weighted by Crippen LogP contribution is 2.40. The molecule has 6 nitrogen and oxygen atoms in total. The van der Waals surface area contributed by atoms with Crippen LogP contribution in [0.5, 0.6) is 11.5 Å². The third-order valence-corrected chi connectivity index (χ3v) is 3.51. The molecule has 6 N–H and O–H groups in total. The molecule has 0 spiro atoms. The van der Waals surface area contributed by atoms with Gasteiger partial charge in [0.1, 0.15) is 0 Å². The summed E-state index contributed by atoms with van der Waals surface area (Å²) in [7, 11) is 0. The van der Waals surface area contributed by atoms with Crippen LogP contribution in [0.1, 0.15) is 17.5 Å². The lowest BCUT2D eigenvalue weighted by atomic mass is 9.85. The number of aromatic hydroxyl groups is 2. The molecular formula is C16H18N2O4. The number of carbonyl (C=O) groups is 2. The van der Waals surface area contributed by atoms with Gasteiger partial charge in [0.2, 0.25) is 11.6 Å². The smallest absolute Gasteiger partial charge is 0.226 e. The average Bonchev–Trinajstić information content (AvgIpc) is 2.48. The molecule has 0 amide bonds. The molecule has 0 unspecified atom stereocenters. The predicted octanol–water partition coefficient (Wildman–Crippen LogP) is 0.409. The predicted molar refractivity (Wildman–Crippen MR) is 82.3 cm³/mol. The van der Waals surface area contributed by atoms with Crippen molar-refractivity contribution < 1.29 is 19.8 Å². The van der Waals surface area contributed by atoms with Crippen molar-refractivity contribution in [2.24, 2.45) is 11.5 Å². The van der Waals surface area contributed by atoms with E-state index in [9.17, 15) is 19.8 Å². The molecule has 2 rings (SSSR count). The summed E-state index contributed by atoms with van der Waals surface area (Å²) in [5.74, 6) is -1.92. The SMILES string of the molecule is NCCC1=CC(=O)C(=O)C=C1c1c(CCN)ccc(O)c1O. The van der Waals surface area contributed by atoms with Gasteiger partial charge in [0.25, 0.3) is 0 Å². The van der Waals surface area contributed by atoms with Crippen molar-refractivity contribution in [1.29, 1.82) is 0 Å². The first-order valence-corrected chi connectivity index (χ1v) is 6.94. The van der Waals surface area contributed by atoms with Crippen LogP contribution in [0.3, 0.4) is 0 Å². The first-order valence-electron chi connectivity index (χ1n) is 6.94. The highest BCUT2D eigenvalue weighted by atomic mass is 16.3. The van der Waals surface area contributed by atoms with E-state index in [0.717, 1.165) is 0 Å². The Morgan fingerprint density at radius 2 is 1.55 bits per heavy atom. The summed E-state index contributed by atoms with van der Waals surface area (Å²) in [4.78, 5) is 23.3. The van der Waals surface area contributed by atoms with Gasteiger partial charge in [0.05, 0.1) is 0 Å². The number of rotatable bonds is 5. The van der Waals surface area contributed by atoms with Gasteiger partial charge in [0, 0.05) is 5.56 Å². The molecule has 0 atom stereocenters. The van der Waals surface area contributed by atoms with E-state index < -0.39 is 11.6 Å². The minimum absolute atomic E-state index is 0.288. The van der Waals surface area contributed by atoms with Crippen molar-refractivity contribution in [1.82, 2.24) is 0 Å². The van der Waals surface area contributed by atoms with Gasteiger partial charge < -0.3 is 21.7 Å². The zero-order valence-corrected chi connectivity index (χ0v) is 12.0. The number of phenolic OH excluding ortho intramolecular Hbond substituents is 2. The fourth-order valence-electron chi connectivity index (χ4n) is 2.48. The topological polar surface area (TPSA) is 127 Å². The lowest BCUT2D eigenvalue weighted by molar-refractivity contribution is -0.131. The monoisotopic (exact) mass is 302 g/mol. The van der Waals surface area contributed by atoms with Crippen molar-refractivity contribution in [3.05, 3.63) is 41.0 Å². The fraction of sp³-hybridized carbons (Fsp3) is 0.250. The molecule has 0 saturated heterocycles. The summed E-state index contributed by atoms with van der Waals surface area (Å²) in [6.07, 6.45) is 3.25. The molecule has 1 aliphatic carbocycles. The van der Waals surface area contributed by atoms with Crippen LogP contribution in [-0.4, -0.2) is 34.9 Å². The summed E-state index contributed by atoms with van der Waals surface area (Å²) >= 11 is 0. The van der Waals surface area contributed by atoms with Crippen LogP contribution in [-0.2, 0) is 16.0 Å². The zero-order valence-electron chi connectivity index (χ0n) is 12.0. The highest BCUT2D eigenvalue weighted by Gasteiger charge is 2.25. The van der Waals surface area contributed by atoms with Crippen LogP contribution < -0.4 is 11.5 Å². The molecule has 0 saturated carbocycles. The Labute approximate surface area is 127 Å². The van der Waals surface area contributed by atoms with Crippen LogP contribution in [0, 0.1) is 0 Å². The third kappa shape index (κ3) is 2.93. The summed E-state index contributed by atoms with van der Waals surface area (Å²) < 4.78 is 0. The Hall–Kier alpha value is -2.44. The second kappa shape index (κ2) is 6.55. The fourth-order valence-corrected chi connectivity index (χ4v) is 2.48. The second-order valence-corrected chi connectivity index (χ2v) is 5.00. The number of allylic oxidation sites excluding steroid dienone is 3. The Morgan fingerprint density at radius 1 is 0.909 bits per heavy atom. The van der Waals surface area contributed by atoms with Crippen molar-refractivity contribution in [2.45, 2.75) is 12.8 Å². The number of ketones is 2. The van der Waals surface area contributed by atoms with E-state index in [1.54, 1.807) is 6.07 Å². The zero-order chi connectivity index (χ0) is 16.3. The Balaban J connectivity index is 2.64. The molecule has 1 aromatic rings. The normalized spacial score (nSPS) is 14.8. The first-order chi connectivity index (χ1) is 10.5. The van der Waals surface area contributed by atoms with Gasteiger partial charge in [0.15, 0.2) is 11.5 Å². The first kappa shape index (κ1) is 15.9. The average molecular weight is 302 g/mol. The summed E-state index contributed by atoms with van der Waals surface area (Å²) in [6.45, 7) is 0.629. The number of hydrogen-bond acceptors (Lipinski definition) is 6. The molecule has 0 heterocycles. The maximum absolute atomic E-state index is 11.7. The Morgan fingerprint density at radius 3 is 2.18 bits per heavy atom. The van der Waals surface area contributed by atoms with Gasteiger partial charge >= 0.3 is 0 Å². The summed E-state index contributed by atoms with van der Waals surface area (Å²) in [5, 5.41) is 20.0. The van der Waals surface area contributed by atoms with E-state index in [2.05, 4.69) is 0 Å². The van der Waals surface area contributed by atoms with Crippen molar-refractivity contribution >= 4 is 17.1 Å². The molecule has 0 radical (unpaired) electrons. The largest absolute Gasteiger partial charge is 0.504 e. The van der Waals surface area contributed by atoms with Crippen LogP contribution in [0.4, 0.5) is 0 Å². The van der Waals surface area contributed by atoms with Crippen LogP contribution in [0.25, 0.3) is 5.57 Å². The molecule has 0 aliphatic heterocycles. The van der Waals surface area contributed by atoms with Crippen LogP contribution in [0.2, 0.25) is 0 Å². The van der Waals surface area contributed by atoms with E-state index in [-0.39, 0.29) is 18.0 Å². The molecule has 22 heavy (non-hydrogen) atoms. The minimum Gasteiger partial charge on any atom is -0.504 e. The van der Waals surface area contributed by atoms with E-state index in [4.69, 9.17) is 11.5 Å². The van der Waals surface area contributed by atoms with Crippen molar-refractivity contribution in [3.63, 3.8) is 0 Å². The van der Waals surface area contributed by atoms with Gasteiger partial charge in [-0.2, -0.15) is 0 Å². The highest BCUT2D eigenvalue weighted by molar-refractivity contribution is 6.48. The van der Waals surface area contributed by atoms with Crippen molar-refractivity contribution in [2.75, 3.05) is 13.1 Å². The molecule has 0 bridgehead atoms.